The van der Waals surface area contributed by atoms with Crippen molar-refractivity contribution in [3.05, 3.63) is 33.9 Å². The summed E-state index contributed by atoms with van der Waals surface area (Å²) in [6.07, 6.45) is 3.15. The number of rotatable bonds is 10. The number of non-ortho nitro benzene ring substituents is 1. The molecule has 0 fully saturated rings. The SMILES string of the molecule is CCCNCc1cc([N+](=O)[O-])ccc1OCCCC(C)C. The van der Waals surface area contributed by atoms with E-state index in [0.717, 1.165) is 37.1 Å². The minimum absolute atomic E-state index is 0.109. The molecule has 1 N–H and O–H groups in total. The molecule has 0 aromatic heterocycles. The van der Waals surface area contributed by atoms with E-state index in [2.05, 4.69) is 26.1 Å². The van der Waals surface area contributed by atoms with E-state index >= 15 is 0 Å². The molecule has 0 radical (unpaired) electrons. The number of nitrogens with zero attached hydrogens (tertiary/aromatic N) is 1. The fourth-order valence-electron chi connectivity index (χ4n) is 2.03. The van der Waals surface area contributed by atoms with Gasteiger partial charge in [0, 0.05) is 24.2 Å². The first-order valence-electron chi connectivity index (χ1n) is 7.65. The summed E-state index contributed by atoms with van der Waals surface area (Å²) in [5.74, 6) is 1.41. The number of ether oxygens (including phenoxy) is 1. The summed E-state index contributed by atoms with van der Waals surface area (Å²) in [5, 5.41) is 14.1. The lowest BCUT2D eigenvalue weighted by Gasteiger charge is -2.12. The van der Waals surface area contributed by atoms with Crippen LogP contribution in [-0.2, 0) is 6.54 Å². The van der Waals surface area contributed by atoms with Crippen molar-refractivity contribution in [2.45, 2.75) is 46.6 Å². The first-order chi connectivity index (χ1) is 10.0. The first-order valence-corrected chi connectivity index (χ1v) is 7.65. The Bertz CT molecular complexity index is 447. The molecule has 1 aromatic rings. The summed E-state index contributed by atoms with van der Waals surface area (Å²) in [6.45, 7) is 8.59. The molecule has 0 bridgehead atoms. The Labute approximate surface area is 126 Å². The van der Waals surface area contributed by atoms with Gasteiger partial charge in [0.2, 0.25) is 0 Å². The van der Waals surface area contributed by atoms with Crippen molar-refractivity contribution < 1.29 is 9.66 Å². The molecule has 0 saturated carbocycles. The highest BCUT2D eigenvalue weighted by molar-refractivity contribution is 5.43. The van der Waals surface area contributed by atoms with Crippen molar-refractivity contribution in [3.8, 4) is 5.75 Å². The summed E-state index contributed by atoms with van der Waals surface area (Å²) in [7, 11) is 0. The van der Waals surface area contributed by atoms with Crippen LogP contribution >= 0.6 is 0 Å². The van der Waals surface area contributed by atoms with Crippen LogP contribution in [0.2, 0.25) is 0 Å². The van der Waals surface area contributed by atoms with Gasteiger partial charge in [0.05, 0.1) is 11.5 Å². The third kappa shape index (κ3) is 6.58. The fourth-order valence-corrected chi connectivity index (χ4v) is 2.03. The number of nitro groups is 1. The second kappa shape index (κ2) is 9.34. The van der Waals surface area contributed by atoms with E-state index in [9.17, 15) is 10.1 Å². The van der Waals surface area contributed by atoms with Crippen LogP contribution in [0.15, 0.2) is 18.2 Å². The predicted octanol–water partition coefficient (Wildman–Crippen LogP) is 3.91. The zero-order chi connectivity index (χ0) is 15.7. The number of benzene rings is 1. The van der Waals surface area contributed by atoms with Crippen LogP contribution in [0.25, 0.3) is 0 Å². The van der Waals surface area contributed by atoms with Crippen molar-refractivity contribution in [1.29, 1.82) is 0 Å². The van der Waals surface area contributed by atoms with Gasteiger partial charge >= 0.3 is 0 Å². The summed E-state index contributed by atoms with van der Waals surface area (Å²) in [5.41, 5.74) is 0.958. The maximum Gasteiger partial charge on any atom is 0.270 e. The van der Waals surface area contributed by atoms with Crippen molar-refractivity contribution in [2.24, 2.45) is 5.92 Å². The number of hydrogen-bond acceptors (Lipinski definition) is 4. The highest BCUT2D eigenvalue weighted by Gasteiger charge is 2.11. The molecule has 1 rings (SSSR count). The van der Waals surface area contributed by atoms with Crippen LogP contribution in [-0.4, -0.2) is 18.1 Å². The van der Waals surface area contributed by atoms with E-state index in [1.54, 1.807) is 12.1 Å². The number of nitro benzene ring substituents is 1. The zero-order valence-electron chi connectivity index (χ0n) is 13.2. The lowest BCUT2D eigenvalue weighted by molar-refractivity contribution is -0.384. The number of hydrogen-bond donors (Lipinski definition) is 1. The molecule has 0 amide bonds. The summed E-state index contributed by atoms with van der Waals surface area (Å²) < 4.78 is 5.79. The van der Waals surface area contributed by atoms with Gasteiger partial charge in [0.1, 0.15) is 5.75 Å². The molecule has 0 aliphatic heterocycles. The molecule has 0 unspecified atom stereocenters. The highest BCUT2D eigenvalue weighted by Crippen LogP contribution is 2.24. The van der Waals surface area contributed by atoms with Crippen LogP contribution in [0, 0.1) is 16.0 Å². The minimum atomic E-state index is -0.369. The van der Waals surface area contributed by atoms with Gasteiger partial charge in [-0.05, 0) is 37.8 Å². The van der Waals surface area contributed by atoms with Crippen LogP contribution in [0.4, 0.5) is 5.69 Å². The van der Waals surface area contributed by atoms with Crippen molar-refractivity contribution >= 4 is 5.69 Å². The molecular weight excluding hydrogens is 268 g/mol. The lowest BCUT2D eigenvalue weighted by Crippen LogP contribution is -2.15. The van der Waals surface area contributed by atoms with Crippen molar-refractivity contribution in [1.82, 2.24) is 5.32 Å². The molecule has 0 aliphatic rings. The third-order valence-electron chi connectivity index (χ3n) is 3.18. The average molecular weight is 294 g/mol. The Kier molecular flexibility index (Phi) is 7.75. The van der Waals surface area contributed by atoms with E-state index in [4.69, 9.17) is 4.74 Å². The third-order valence-corrected chi connectivity index (χ3v) is 3.18. The molecule has 0 spiro atoms. The van der Waals surface area contributed by atoms with Crippen molar-refractivity contribution in [3.63, 3.8) is 0 Å². The van der Waals surface area contributed by atoms with Crippen LogP contribution in [0.3, 0.4) is 0 Å². The minimum Gasteiger partial charge on any atom is -0.493 e. The molecule has 0 aliphatic carbocycles. The monoisotopic (exact) mass is 294 g/mol. The van der Waals surface area contributed by atoms with Gasteiger partial charge in [-0.1, -0.05) is 20.8 Å². The van der Waals surface area contributed by atoms with Crippen LogP contribution in [0.1, 0.15) is 45.6 Å². The van der Waals surface area contributed by atoms with Gasteiger partial charge < -0.3 is 10.1 Å². The second-order valence-electron chi connectivity index (χ2n) is 5.61. The molecule has 1 aromatic carbocycles. The summed E-state index contributed by atoms with van der Waals surface area (Å²) >= 11 is 0. The highest BCUT2D eigenvalue weighted by atomic mass is 16.6. The van der Waals surface area contributed by atoms with E-state index in [1.165, 1.54) is 6.07 Å². The molecule has 0 saturated heterocycles. The Morgan fingerprint density at radius 2 is 2.14 bits per heavy atom. The summed E-state index contributed by atoms with van der Waals surface area (Å²) in [4.78, 5) is 10.5. The predicted molar refractivity (Wildman–Crippen MR) is 84.7 cm³/mol. The van der Waals surface area contributed by atoms with Gasteiger partial charge in [-0.2, -0.15) is 0 Å². The smallest absolute Gasteiger partial charge is 0.270 e. The average Bonchev–Trinajstić information content (AvgIpc) is 2.44. The second-order valence-corrected chi connectivity index (χ2v) is 5.61. The quantitative estimate of drug-likeness (QED) is 0.404. The maximum atomic E-state index is 10.9. The van der Waals surface area contributed by atoms with E-state index < -0.39 is 0 Å². The molecule has 5 nitrogen and oxygen atoms in total. The Morgan fingerprint density at radius 3 is 2.76 bits per heavy atom. The number of nitrogens with one attached hydrogen (secondary N) is 1. The maximum absolute atomic E-state index is 10.9. The molecule has 118 valence electrons. The largest absolute Gasteiger partial charge is 0.493 e. The topological polar surface area (TPSA) is 64.4 Å². The Balaban J connectivity index is 2.68. The van der Waals surface area contributed by atoms with Gasteiger partial charge in [-0.3, -0.25) is 10.1 Å². The van der Waals surface area contributed by atoms with E-state index in [-0.39, 0.29) is 10.6 Å². The van der Waals surface area contributed by atoms with Crippen LogP contribution in [0.5, 0.6) is 5.75 Å². The molecular formula is C16H26N2O3. The Morgan fingerprint density at radius 1 is 1.38 bits per heavy atom. The summed E-state index contributed by atoms with van der Waals surface area (Å²) in [6, 6.07) is 4.80. The standard InChI is InChI=1S/C16H26N2O3/c1-4-9-17-12-14-11-15(18(19)20)7-8-16(14)21-10-5-6-13(2)3/h7-8,11,13,17H,4-6,9-10,12H2,1-3H3. The molecule has 0 heterocycles. The lowest BCUT2D eigenvalue weighted by atomic mass is 10.1. The normalized spacial score (nSPS) is 10.9. The molecule has 21 heavy (non-hydrogen) atoms. The Hall–Kier alpha value is -1.62. The first kappa shape index (κ1) is 17.4. The van der Waals surface area contributed by atoms with Gasteiger partial charge in [0.15, 0.2) is 0 Å². The van der Waals surface area contributed by atoms with Crippen LogP contribution < -0.4 is 10.1 Å². The molecule has 5 heteroatoms. The molecule has 0 atom stereocenters. The zero-order valence-corrected chi connectivity index (χ0v) is 13.2. The van der Waals surface area contributed by atoms with Gasteiger partial charge in [-0.15, -0.1) is 0 Å². The van der Waals surface area contributed by atoms with Crippen molar-refractivity contribution in [2.75, 3.05) is 13.2 Å². The van der Waals surface area contributed by atoms with Gasteiger partial charge in [-0.25, -0.2) is 0 Å². The fraction of sp³-hybridized carbons (Fsp3) is 0.625. The van der Waals surface area contributed by atoms with E-state index in [1.807, 2.05) is 0 Å². The van der Waals surface area contributed by atoms with Gasteiger partial charge in [0.25, 0.3) is 5.69 Å². The van der Waals surface area contributed by atoms with E-state index in [0.29, 0.717) is 19.1 Å².